The lowest BCUT2D eigenvalue weighted by Gasteiger charge is -2.19. The molecule has 112 valence electrons. The van der Waals surface area contributed by atoms with Crippen LogP contribution in [0, 0.1) is 5.92 Å². The van der Waals surface area contributed by atoms with E-state index in [2.05, 4.69) is 24.1 Å². The molecule has 0 aliphatic carbocycles. The maximum absolute atomic E-state index is 11.6. The Balaban J connectivity index is 2.75. The number of nitrogens with zero attached hydrogens (tertiary/aromatic N) is 2. The van der Waals surface area contributed by atoms with Crippen molar-refractivity contribution in [2.24, 2.45) is 5.92 Å². The van der Waals surface area contributed by atoms with Gasteiger partial charge in [0, 0.05) is 13.6 Å². The quantitative estimate of drug-likeness (QED) is 0.786. The first-order chi connectivity index (χ1) is 9.43. The molecule has 1 heterocycles. The second-order valence-electron chi connectivity index (χ2n) is 5.08. The fourth-order valence-corrected chi connectivity index (χ4v) is 1.56. The van der Waals surface area contributed by atoms with Gasteiger partial charge in [0.05, 0.1) is 18.8 Å². The highest BCUT2D eigenvalue weighted by Crippen LogP contribution is 2.22. The maximum Gasteiger partial charge on any atom is 0.239 e. The molecule has 0 saturated heterocycles. The molecule has 0 aliphatic heterocycles. The molecule has 6 heteroatoms. The summed E-state index contributed by atoms with van der Waals surface area (Å²) in [7, 11) is 1.81. The molecule has 0 aromatic carbocycles. The molecule has 1 amide bonds. The predicted molar refractivity (Wildman–Crippen MR) is 80.9 cm³/mol. The van der Waals surface area contributed by atoms with Crippen LogP contribution < -0.4 is 20.7 Å². The minimum atomic E-state index is -0.0433. The number of nitrogens with two attached hydrogens (primary N) is 1. The van der Waals surface area contributed by atoms with Gasteiger partial charge in [-0.05, 0) is 25.0 Å². The summed E-state index contributed by atoms with van der Waals surface area (Å²) in [6.07, 6.45) is 0. The lowest BCUT2D eigenvalue weighted by Crippen LogP contribution is -2.35. The predicted octanol–water partition coefficient (Wildman–Crippen LogP) is 1.27. The summed E-state index contributed by atoms with van der Waals surface area (Å²) in [6, 6.07) is 3.52. The van der Waals surface area contributed by atoms with Crippen LogP contribution in [0.4, 0.5) is 11.5 Å². The van der Waals surface area contributed by atoms with E-state index in [0.29, 0.717) is 36.5 Å². The summed E-state index contributed by atoms with van der Waals surface area (Å²) in [5.74, 6) is 1.43. The molecule has 20 heavy (non-hydrogen) atoms. The average molecular weight is 280 g/mol. The molecule has 0 atom stereocenters. The van der Waals surface area contributed by atoms with Crippen molar-refractivity contribution < 1.29 is 9.53 Å². The molecule has 3 N–H and O–H groups in total. The molecule has 1 aromatic heterocycles. The van der Waals surface area contributed by atoms with E-state index in [4.69, 9.17) is 10.5 Å². The van der Waals surface area contributed by atoms with Crippen LogP contribution in [0.25, 0.3) is 0 Å². The van der Waals surface area contributed by atoms with Gasteiger partial charge in [-0.15, -0.1) is 0 Å². The zero-order chi connectivity index (χ0) is 15.1. The van der Waals surface area contributed by atoms with Gasteiger partial charge in [-0.2, -0.15) is 4.98 Å². The molecular weight excluding hydrogens is 256 g/mol. The largest absolute Gasteiger partial charge is 0.476 e. The Morgan fingerprint density at radius 3 is 2.80 bits per heavy atom. The van der Waals surface area contributed by atoms with Crippen molar-refractivity contribution in [2.75, 3.05) is 37.4 Å². The Bertz CT molecular complexity index is 449. The molecule has 0 radical (unpaired) electrons. The van der Waals surface area contributed by atoms with Gasteiger partial charge in [-0.3, -0.25) is 4.79 Å². The standard InChI is InChI=1S/C14H24N4O2/c1-5-16-13(19)8-18(4)12-7-6-11(15)14(17-12)20-9-10(2)3/h6-7,10H,5,8-9,15H2,1-4H3,(H,16,19). The number of hydrogen-bond donors (Lipinski definition) is 2. The number of aromatic nitrogens is 1. The first-order valence-corrected chi connectivity index (χ1v) is 6.81. The summed E-state index contributed by atoms with van der Waals surface area (Å²) in [4.78, 5) is 17.7. The molecule has 0 unspecified atom stereocenters. The van der Waals surface area contributed by atoms with Crippen LogP contribution in [0.1, 0.15) is 20.8 Å². The maximum atomic E-state index is 11.6. The van der Waals surface area contributed by atoms with Crippen molar-refractivity contribution in [1.29, 1.82) is 0 Å². The monoisotopic (exact) mass is 280 g/mol. The van der Waals surface area contributed by atoms with Crippen molar-refractivity contribution in [3.63, 3.8) is 0 Å². The summed E-state index contributed by atoms with van der Waals surface area (Å²) < 4.78 is 5.58. The minimum absolute atomic E-state index is 0.0433. The number of amides is 1. The van der Waals surface area contributed by atoms with Gasteiger partial charge >= 0.3 is 0 Å². The number of likely N-dealkylation sites (N-methyl/N-ethyl adjacent to an activating group) is 2. The summed E-state index contributed by atoms with van der Waals surface area (Å²) in [5.41, 5.74) is 6.34. The molecule has 6 nitrogen and oxygen atoms in total. The molecular formula is C14H24N4O2. The van der Waals surface area contributed by atoms with E-state index in [-0.39, 0.29) is 12.5 Å². The van der Waals surface area contributed by atoms with Crippen molar-refractivity contribution >= 4 is 17.4 Å². The third-order valence-electron chi connectivity index (χ3n) is 2.57. The average Bonchev–Trinajstić information content (AvgIpc) is 2.37. The normalized spacial score (nSPS) is 10.4. The zero-order valence-corrected chi connectivity index (χ0v) is 12.6. The van der Waals surface area contributed by atoms with Crippen LogP contribution in [-0.2, 0) is 4.79 Å². The summed E-state index contributed by atoms with van der Waals surface area (Å²) >= 11 is 0. The Hall–Kier alpha value is -1.98. The van der Waals surface area contributed by atoms with Crippen LogP contribution in [0.5, 0.6) is 5.88 Å². The number of ether oxygens (including phenoxy) is 1. The number of hydrogen-bond acceptors (Lipinski definition) is 5. The number of pyridine rings is 1. The van der Waals surface area contributed by atoms with Gasteiger partial charge in [0.2, 0.25) is 11.8 Å². The van der Waals surface area contributed by atoms with Gasteiger partial charge in [0.25, 0.3) is 0 Å². The molecule has 0 spiro atoms. The molecule has 0 fully saturated rings. The number of nitrogen functional groups attached to an aromatic ring is 1. The van der Waals surface area contributed by atoms with Crippen molar-refractivity contribution in [3.8, 4) is 5.88 Å². The van der Waals surface area contributed by atoms with Crippen LogP contribution in [0.2, 0.25) is 0 Å². The number of anilines is 2. The smallest absolute Gasteiger partial charge is 0.239 e. The van der Waals surface area contributed by atoms with E-state index in [1.54, 1.807) is 24.1 Å². The van der Waals surface area contributed by atoms with E-state index < -0.39 is 0 Å². The summed E-state index contributed by atoms with van der Waals surface area (Å²) in [6.45, 7) is 7.42. The lowest BCUT2D eigenvalue weighted by molar-refractivity contribution is -0.119. The molecule has 0 aliphatic rings. The number of rotatable bonds is 7. The highest BCUT2D eigenvalue weighted by atomic mass is 16.5. The van der Waals surface area contributed by atoms with E-state index in [1.807, 2.05) is 6.92 Å². The third kappa shape index (κ3) is 4.95. The Morgan fingerprint density at radius 2 is 2.20 bits per heavy atom. The highest BCUT2D eigenvalue weighted by Gasteiger charge is 2.11. The topological polar surface area (TPSA) is 80.5 Å². The summed E-state index contributed by atoms with van der Waals surface area (Å²) in [5, 5.41) is 2.75. The second kappa shape index (κ2) is 7.57. The molecule has 1 aromatic rings. The second-order valence-corrected chi connectivity index (χ2v) is 5.08. The van der Waals surface area contributed by atoms with Crippen LogP contribution in [0.15, 0.2) is 12.1 Å². The molecule has 0 saturated carbocycles. The van der Waals surface area contributed by atoms with Crippen molar-refractivity contribution in [2.45, 2.75) is 20.8 Å². The van der Waals surface area contributed by atoms with Crippen LogP contribution in [-0.4, -0.2) is 37.6 Å². The SMILES string of the molecule is CCNC(=O)CN(C)c1ccc(N)c(OCC(C)C)n1. The Morgan fingerprint density at radius 1 is 1.50 bits per heavy atom. The fourth-order valence-electron chi connectivity index (χ4n) is 1.56. The van der Waals surface area contributed by atoms with Crippen molar-refractivity contribution in [3.05, 3.63) is 12.1 Å². The first kappa shape index (κ1) is 16.1. The minimum Gasteiger partial charge on any atom is -0.476 e. The Labute approximate surface area is 120 Å². The molecule has 0 bridgehead atoms. The lowest BCUT2D eigenvalue weighted by atomic mass is 10.2. The van der Waals surface area contributed by atoms with E-state index in [9.17, 15) is 4.79 Å². The number of carbonyl (C=O) groups excluding carboxylic acids is 1. The van der Waals surface area contributed by atoms with Crippen LogP contribution >= 0.6 is 0 Å². The highest BCUT2D eigenvalue weighted by molar-refractivity contribution is 5.80. The van der Waals surface area contributed by atoms with Gasteiger partial charge in [0.15, 0.2) is 0 Å². The number of nitrogens with one attached hydrogen (secondary N) is 1. The Kier molecular flexibility index (Phi) is 6.09. The van der Waals surface area contributed by atoms with Gasteiger partial charge < -0.3 is 20.7 Å². The zero-order valence-electron chi connectivity index (χ0n) is 12.6. The van der Waals surface area contributed by atoms with Gasteiger partial charge in [-0.25, -0.2) is 0 Å². The van der Waals surface area contributed by atoms with Gasteiger partial charge in [-0.1, -0.05) is 13.8 Å². The third-order valence-corrected chi connectivity index (χ3v) is 2.57. The van der Waals surface area contributed by atoms with Crippen LogP contribution in [0.3, 0.4) is 0 Å². The van der Waals surface area contributed by atoms with E-state index in [1.165, 1.54) is 0 Å². The van der Waals surface area contributed by atoms with Gasteiger partial charge in [0.1, 0.15) is 5.82 Å². The van der Waals surface area contributed by atoms with E-state index in [0.717, 1.165) is 0 Å². The first-order valence-electron chi connectivity index (χ1n) is 6.81. The fraction of sp³-hybridized carbons (Fsp3) is 0.571. The van der Waals surface area contributed by atoms with E-state index >= 15 is 0 Å². The van der Waals surface area contributed by atoms with Crippen molar-refractivity contribution in [1.82, 2.24) is 10.3 Å². The number of carbonyl (C=O) groups is 1. The molecule has 1 rings (SSSR count).